The molecule has 0 saturated carbocycles. The summed E-state index contributed by atoms with van der Waals surface area (Å²) in [4.78, 5) is 6.69. The van der Waals surface area contributed by atoms with E-state index in [-0.39, 0.29) is 0 Å². The van der Waals surface area contributed by atoms with Crippen molar-refractivity contribution in [1.29, 1.82) is 0 Å². The zero-order valence-electron chi connectivity index (χ0n) is 14.0. The Morgan fingerprint density at radius 1 is 1.14 bits per heavy atom. The smallest absolute Gasteiger partial charge is 0.191 e. The minimum absolute atomic E-state index is 0.679. The van der Waals surface area contributed by atoms with Crippen molar-refractivity contribution >= 4 is 17.6 Å². The molecule has 0 spiro atoms. The van der Waals surface area contributed by atoms with Crippen molar-refractivity contribution in [2.24, 2.45) is 4.99 Å². The summed E-state index contributed by atoms with van der Waals surface area (Å²) >= 11 is 6.15. The minimum atomic E-state index is 0.679. The van der Waals surface area contributed by atoms with Crippen LogP contribution < -0.4 is 10.6 Å². The molecule has 0 unspecified atom stereocenters. The largest absolute Gasteiger partial charge is 0.356 e. The Balaban J connectivity index is 2.22. The number of rotatable bonds is 9. The molecule has 22 heavy (non-hydrogen) atoms. The number of aliphatic imine (C=N–C) groups is 1. The van der Waals surface area contributed by atoms with Crippen LogP contribution in [0.4, 0.5) is 0 Å². The third kappa shape index (κ3) is 7.14. The number of halogens is 1. The van der Waals surface area contributed by atoms with Gasteiger partial charge in [-0.25, -0.2) is 0 Å². The predicted molar refractivity (Wildman–Crippen MR) is 96.7 cm³/mol. The molecule has 0 bridgehead atoms. The highest BCUT2D eigenvalue weighted by Crippen LogP contribution is 2.14. The Morgan fingerprint density at radius 3 is 2.50 bits per heavy atom. The van der Waals surface area contributed by atoms with Gasteiger partial charge in [0.2, 0.25) is 0 Å². The third-order valence-corrected chi connectivity index (χ3v) is 4.08. The molecule has 5 heteroatoms. The number of nitrogens with one attached hydrogen (secondary N) is 2. The highest BCUT2D eigenvalue weighted by Gasteiger charge is 2.02. The van der Waals surface area contributed by atoms with Gasteiger partial charge < -0.3 is 15.5 Å². The van der Waals surface area contributed by atoms with Crippen molar-refractivity contribution in [3.63, 3.8) is 0 Å². The third-order valence-electron chi connectivity index (χ3n) is 3.72. The Bertz CT molecular complexity index is 444. The number of unbranched alkanes of at least 4 members (excludes halogenated alkanes) is 1. The fourth-order valence-electron chi connectivity index (χ4n) is 2.25. The maximum atomic E-state index is 6.15. The Labute approximate surface area is 140 Å². The van der Waals surface area contributed by atoms with Gasteiger partial charge >= 0.3 is 0 Å². The van der Waals surface area contributed by atoms with E-state index in [1.165, 1.54) is 13.0 Å². The summed E-state index contributed by atoms with van der Waals surface area (Å²) in [6.45, 7) is 9.46. The Hall–Kier alpha value is -1.26. The lowest BCUT2D eigenvalue weighted by Crippen LogP contribution is -2.37. The van der Waals surface area contributed by atoms with Gasteiger partial charge in [0.05, 0.1) is 0 Å². The molecule has 0 aliphatic carbocycles. The van der Waals surface area contributed by atoms with Gasteiger partial charge in [0.15, 0.2) is 5.96 Å². The number of nitrogens with zero attached hydrogens (tertiary/aromatic N) is 2. The number of hydrogen-bond donors (Lipinski definition) is 2. The first-order chi connectivity index (χ1) is 10.7. The van der Waals surface area contributed by atoms with Crippen LogP contribution in [0.25, 0.3) is 0 Å². The summed E-state index contributed by atoms with van der Waals surface area (Å²) in [6, 6.07) is 7.86. The molecule has 1 aromatic rings. The summed E-state index contributed by atoms with van der Waals surface area (Å²) in [5.74, 6) is 0.822. The fraction of sp³-hybridized carbons (Fsp3) is 0.588. The van der Waals surface area contributed by atoms with Gasteiger partial charge in [0, 0.05) is 25.2 Å². The van der Waals surface area contributed by atoms with Crippen LogP contribution in [0.1, 0.15) is 32.3 Å². The van der Waals surface area contributed by atoms with Crippen molar-refractivity contribution in [3.8, 4) is 0 Å². The molecule has 0 radical (unpaired) electrons. The lowest BCUT2D eigenvalue weighted by atomic mass is 10.2. The molecule has 1 aromatic carbocycles. The normalized spacial score (nSPS) is 11.8. The monoisotopic (exact) mass is 324 g/mol. The minimum Gasteiger partial charge on any atom is -0.356 e. The molecule has 2 N–H and O–H groups in total. The van der Waals surface area contributed by atoms with Gasteiger partial charge in [-0.05, 0) is 44.1 Å². The van der Waals surface area contributed by atoms with E-state index in [0.29, 0.717) is 6.54 Å². The SMILES string of the molecule is CCN(CC)CCCCNC(=NC)NCc1ccccc1Cl. The second-order valence-electron chi connectivity index (χ2n) is 5.18. The van der Waals surface area contributed by atoms with E-state index in [0.717, 1.165) is 42.6 Å². The summed E-state index contributed by atoms with van der Waals surface area (Å²) in [5, 5.41) is 7.42. The lowest BCUT2D eigenvalue weighted by molar-refractivity contribution is 0.297. The zero-order chi connectivity index (χ0) is 16.2. The van der Waals surface area contributed by atoms with Crippen LogP contribution in [0.5, 0.6) is 0 Å². The molecular formula is C17H29ClN4. The maximum absolute atomic E-state index is 6.15. The van der Waals surface area contributed by atoms with Crippen LogP contribution in [0, 0.1) is 0 Å². The maximum Gasteiger partial charge on any atom is 0.191 e. The lowest BCUT2D eigenvalue weighted by Gasteiger charge is -2.18. The number of guanidine groups is 1. The first-order valence-electron chi connectivity index (χ1n) is 8.11. The van der Waals surface area contributed by atoms with Gasteiger partial charge in [-0.15, -0.1) is 0 Å². The molecule has 4 nitrogen and oxygen atoms in total. The highest BCUT2D eigenvalue weighted by molar-refractivity contribution is 6.31. The van der Waals surface area contributed by atoms with Gasteiger partial charge in [-0.2, -0.15) is 0 Å². The van der Waals surface area contributed by atoms with E-state index in [4.69, 9.17) is 11.6 Å². The van der Waals surface area contributed by atoms with Gasteiger partial charge in [-0.3, -0.25) is 4.99 Å². The van der Waals surface area contributed by atoms with Gasteiger partial charge in [0.25, 0.3) is 0 Å². The van der Waals surface area contributed by atoms with Crippen molar-refractivity contribution < 1.29 is 0 Å². The molecule has 0 aromatic heterocycles. The number of benzene rings is 1. The fourth-order valence-corrected chi connectivity index (χ4v) is 2.45. The standard InChI is InChI=1S/C17H29ClN4/c1-4-22(5-2)13-9-8-12-20-17(19-3)21-14-15-10-6-7-11-16(15)18/h6-7,10-11H,4-5,8-9,12-14H2,1-3H3,(H2,19,20,21). The molecular weight excluding hydrogens is 296 g/mol. The Morgan fingerprint density at radius 2 is 1.86 bits per heavy atom. The van der Waals surface area contributed by atoms with Crippen molar-refractivity contribution in [1.82, 2.24) is 15.5 Å². The summed E-state index contributed by atoms with van der Waals surface area (Å²) in [5.41, 5.74) is 1.08. The first kappa shape index (κ1) is 18.8. The van der Waals surface area contributed by atoms with E-state index >= 15 is 0 Å². The van der Waals surface area contributed by atoms with Crippen LogP contribution >= 0.6 is 11.6 Å². The molecule has 0 aliphatic rings. The topological polar surface area (TPSA) is 39.7 Å². The predicted octanol–water partition coefficient (Wildman–Crippen LogP) is 3.13. The second-order valence-corrected chi connectivity index (χ2v) is 5.59. The van der Waals surface area contributed by atoms with Gasteiger partial charge in [0.1, 0.15) is 0 Å². The molecule has 0 amide bonds. The Kier molecular flexibility index (Phi) is 9.67. The van der Waals surface area contributed by atoms with Crippen molar-refractivity contribution in [3.05, 3.63) is 34.9 Å². The zero-order valence-corrected chi connectivity index (χ0v) is 14.8. The molecule has 124 valence electrons. The van der Waals surface area contributed by atoms with Crippen molar-refractivity contribution in [2.45, 2.75) is 33.2 Å². The van der Waals surface area contributed by atoms with Crippen molar-refractivity contribution in [2.75, 3.05) is 33.2 Å². The molecule has 1 rings (SSSR count). The highest BCUT2D eigenvalue weighted by atomic mass is 35.5. The summed E-state index contributed by atoms with van der Waals surface area (Å²) < 4.78 is 0. The van der Waals surface area contributed by atoms with Crippen LogP contribution in [0.2, 0.25) is 5.02 Å². The van der Waals surface area contributed by atoms with E-state index in [1.807, 2.05) is 24.3 Å². The summed E-state index contributed by atoms with van der Waals surface area (Å²) in [6.07, 6.45) is 2.35. The molecule has 0 heterocycles. The second kappa shape index (κ2) is 11.3. The van der Waals surface area contributed by atoms with Crippen LogP contribution in [0.15, 0.2) is 29.3 Å². The van der Waals surface area contributed by atoms with Gasteiger partial charge in [-0.1, -0.05) is 43.6 Å². The average Bonchev–Trinajstić information content (AvgIpc) is 2.55. The van der Waals surface area contributed by atoms with Crippen LogP contribution in [-0.2, 0) is 6.54 Å². The van der Waals surface area contributed by atoms with E-state index < -0.39 is 0 Å². The molecule has 0 atom stereocenters. The quantitative estimate of drug-likeness (QED) is 0.416. The number of hydrogen-bond acceptors (Lipinski definition) is 2. The van der Waals surface area contributed by atoms with E-state index in [9.17, 15) is 0 Å². The molecule has 0 aliphatic heterocycles. The van der Waals surface area contributed by atoms with E-state index in [1.54, 1.807) is 7.05 Å². The first-order valence-corrected chi connectivity index (χ1v) is 8.49. The van der Waals surface area contributed by atoms with E-state index in [2.05, 4.69) is 34.4 Å². The molecule has 0 saturated heterocycles. The van der Waals surface area contributed by atoms with Crippen LogP contribution in [-0.4, -0.2) is 44.1 Å². The average molecular weight is 325 g/mol. The van der Waals surface area contributed by atoms with Crippen LogP contribution in [0.3, 0.4) is 0 Å². The summed E-state index contributed by atoms with van der Waals surface area (Å²) in [7, 11) is 1.79. The molecule has 0 fully saturated rings.